The van der Waals surface area contributed by atoms with Crippen LogP contribution in [0, 0.1) is 0 Å². The van der Waals surface area contributed by atoms with Crippen LogP contribution in [0.4, 0.5) is 5.69 Å². The summed E-state index contributed by atoms with van der Waals surface area (Å²) in [5.74, 6) is 0.0618. The van der Waals surface area contributed by atoms with Crippen molar-refractivity contribution in [2.45, 2.75) is 51.1 Å². The monoisotopic (exact) mass is 347 g/mol. The van der Waals surface area contributed by atoms with Gasteiger partial charge in [0.05, 0.1) is 0 Å². The summed E-state index contributed by atoms with van der Waals surface area (Å²) < 4.78 is 5.52. The van der Waals surface area contributed by atoms with E-state index in [-0.39, 0.29) is 17.5 Å². The van der Waals surface area contributed by atoms with Crippen LogP contribution < -0.4 is 10.6 Å². The molecule has 25 heavy (non-hydrogen) atoms. The molecule has 1 aliphatic heterocycles. The van der Waals surface area contributed by atoms with E-state index in [0.717, 1.165) is 44.7 Å². The highest BCUT2D eigenvalue weighted by atomic mass is 16.5. The molecule has 1 atom stereocenters. The number of benzene rings is 1. The molecule has 2 N–H and O–H groups in total. The van der Waals surface area contributed by atoms with Crippen molar-refractivity contribution < 1.29 is 9.53 Å². The molecule has 0 spiro atoms. The summed E-state index contributed by atoms with van der Waals surface area (Å²) in [4.78, 5) is 14.7. The van der Waals surface area contributed by atoms with Gasteiger partial charge in [-0.05, 0) is 51.9 Å². The molecule has 2 rings (SSSR count). The van der Waals surface area contributed by atoms with Gasteiger partial charge in [0.25, 0.3) is 0 Å². The van der Waals surface area contributed by atoms with Gasteiger partial charge in [-0.3, -0.25) is 4.79 Å². The first-order chi connectivity index (χ1) is 12.0. The predicted molar refractivity (Wildman–Crippen MR) is 103 cm³/mol. The third-order valence-electron chi connectivity index (χ3n) is 5.32. The number of rotatable bonds is 8. The lowest BCUT2D eigenvalue weighted by molar-refractivity contribution is -0.116. The number of carbonyl (C=O) groups is 1. The molecule has 1 aliphatic rings. The molecule has 1 fully saturated rings. The Morgan fingerprint density at radius 2 is 1.96 bits per heavy atom. The largest absolute Gasteiger partial charge is 0.381 e. The summed E-state index contributed by atoms with van der Waals surface area (Å²) in [6.45, 7) is 6.67. The number of ether oxygens (including phenoxy) is 1. The maximum Gasteiger partial charge on any atom is 0.225 e. The summed E-state index contributed by atoms with van der Waals surface area (Å²) in [5, 5.41) is 6.61. The molecule has 5 heteroatoms. The van der Waals surface area contributed by atoms with E-state index in [1.165, 1.54) is 5.56 Å². The zero-order valence-electron chi connectivity index (χ0n) is 16.1. The van der Waals surface area contributed by atoms with E-state index >= 15 is 0 Å². The third-order valence-corrected chi connectivity index (χ3v) is 5.32. The normalized spacial score (nSPS) is 18.1. The van der Waals surface area contributed by atoms with Crippen LogP contribution >= 0.6 is 0 Å². The van der Waals surface area contributed by atoms with Crippen LogP contribution in [-0.4, -0.2) is 56.2 Å². The number of hydrogen-bond donors (Lipinski definition) is 2. The third kappa shape index (κ3) is 5.53. The van der Waals surface area contributed by atoms with Gasteiger partial charge < -0.3 is 20.3 Å². The zero-order chi connectivity index (χ0) is 18.3. The minimum Gasteiger partial charge on any atom is -0.381 e. The molecule has 1 amide bonds. The standard InChI is InChI=1S/C20H33N3O2/c1-5-17-8-6-7-9-18(17)22-19(24)14-16(2)21-15-20(23(3)4)10-12-25-13-11-20/h6-9,16,21H,5,10-15H2,1-4H3,(H,22,24)/t16-/m0/s1. The minimum absolute atomic E-state index is 0.0618. The molecule has 0 unspecified atom stereocenters. The average molecular weight is 348 g/mol. The first kappa shape index (κ1) is 19.9. The Balaban J connectivity index is 1.84. The minimum atomic E-state index is 0.0618. The fourth-order valence-corrected chi connectivity index (χ4v) is 3.40. The van der Waals surface area contributed by atoms with Crippen LogP contribution in [0.15, 0.2) is 24.3 Å². The van der Waals surface area contributed by atoms with Crippen molar-refractivity contribution >= 4 is 11.6 Å². The van der Waals surface area contributed by atoms with Gasteiger partial charge in [0.2, 0.25) is 5.91 Å². The molecule has 140 valence electrons. The first-order valence-corrected chi connectivity index (χ1v) is 9.33. The van der Waals surface area contributed by atoms with Gasteiger partial charge in [-0.25, -0.2) is 0 Å². The first-order valence-electron chi connectivity index (χ1n) is 9.33. The van der Waals surface area contributed by atoms with E-state index in [1.54, 1.807) is 0 Å². The smallest absolute Gasteiger partial charge is 0.225 e. The SMILES string of the molecule is CCc1ccccc1NC(=O)C[C@H](C)NCC1(N(C)C)CCOCC1. The van der Waals surface area contributed by atoms with E-state index in [0.29, 0.717) is 6.42 Å². The van der Waals surface area contributed by atoms with Crippen LogP contribution in [0.5, 0.6) is 0 Å². The number of nitrogens with one attached hydrogen (secondary N) is 2. The number of likely N-dealkylation sites (N-methyl/N-ethyl adjacent to an activating group) is 1. The molecule has 0 bridgehead atoms. The van der Waals surface area contributed by atoms with E-state index < -0.39 is 0 Å². The fourth-order valence-electron chi connectivity index (χ4n) is 3.40. The second-order valence-corrected chi connectivity index (χ2v) is 7.28. The lowest BCUT2D eigenvalue weighted by atomic mass is 9.88. The van der Waals surface area contributed by atoms with Gasteiger partial charge in [-0.1, -0.05) is 25.1 Å². The number of hydrogen-bond acceptors (Lipinski definition) is 4. The zero-order valence-corrected chi connectivity index (χ0v) is 16.1. The fraction of sp³-hybridized carbons (Fsp3) is 0.650. The average Bonchev–Trinajstić information content (AvgIpc) is 2.61. The van der Waals surface area contributed by atoms with E-state index in [4.69, 9.17) is 4.74 Å². The van der Waals surface area contributed by atoms with Gasteiger partial charge >= 0.3 is 0 Å². The summed E-state index contributed by atoms with van der Waals surface area (Å²) in [6, 6.07) is 8.13. The van der Waals surface area contributed by atoms with Crippen LogP contribution in [0.3, 0.4) is 0 Å². The molecule has 5 nitrogen and oxygen atoms in total. The summed E-state index contributed by atoms with van der Waals surface area (Å²) in [7, 11) is 4.26. The second kappa shape index (κ2) is 9.32. The highest BCUT2D eigenvalue weighted by molar-refractivity contribution is 5.91. The Morgan fingerprint density at radius 1 is 1.28 bits per heavy atom. The van der Waals surface area contributed by atoms with Crippen LogP contribution in [0.2, 0.25) is 0 Å². The number of amides is 1. The second-order valence-electron chi connectivity index (χ2n) is 7.28. The maximum atomic E-state index is 12.4. The van der Waals surface area contributed by atoms with Gasteiger partial charge in [0.1, 0.15) is 0 Å². The Bertz CT molecular complexity index is 554. The lowest BCUT2D eigenvalue weighted by Crippen LogP contribution is -2.56. The van der Waals surface area contributed by atoms with Crippen molar-refractivity contribution in [2.24, 2.45) is 0 Å². The van der Waals surface area contributed by atoms with Crippen molar-refractivity contribution in [3.05, 3.63) is 29.8 Å². The molecule has 0 aliphatic carbocycles. The predicted octanol–water partition coefficient (Wildman–Crippen LogP) is 2.67. The van der Waals surface area contributed by atoms with Crippen LogP contribution in [0.25, 0.3) is 0 Å². The number of anilines is 1. The molecular formula is C20H33N3O2. The summed E-state index contributed by atoms with van der Waals surface area (Å²) in [5.41, 5.74) is 2.22. The quantitative estimate of drug-likeness (QED) is 0.759. The number of nitrogens with zero attached hydrogens (tertiary/aromatic N) is 1. The Hall–Kier alpha value is -1.43. The topological polar surface area (TPSA) is 53.6 Å². The van der Waals surface area contributed by atoms with Crippen molar-refractivity contribution in [3.63, 3.8) is 0 Å². The number of para-hydroxylation sites is 1. The Kier molecular flexibility index (Phi) is 7.41. The van der Waals surface area contributed by atoms with Crippen molar-refractivity contribution in [3.8, 4) is 0 Å². The summed E-state index contributed by atoms with van der Waals surface area (Å²) in [6.07, 6.45) is 3.43. The Morgan fingerprint density at radius 3 is 2.60 bits per heavy atom. The maximum absolute atomic E-state index is 12.4. The van der Waals surface area contributed by atoms with Crippen molar-refractivity contribution in [1.82, 2.24) is 10.2 Å². The van der Waals surface area contributed by atoms with Gasteiger partial charge in [-0.2, -0.15) is 0 Å². The molecule has 1 aromatic rings. The van der Waals surface area contributed by atoms with Gasteiger partial charge in [-0.15, -0.1) is 0 Å². The lowest BCUT2D eigenvalue weighted by Gasteiger charge is -2.43. The molecule has 1 heterocycles. The van der Waals surface area contributed by atoms with Gasteiger partial charge in [0, 0.05) is 43.4 Å². The number of carbonyl (C=O) groups excluding carboxylic acids is 1. The molecule has 0 saturated carbocycles. The van der Waals surface area contributed by atoms with E-state index in [2.05, 4.69) is 49.5 Å². The van der Waals surface area contributed by atoms with E-state index in [9.17, 15) is 4.79 Å². The molecule has 0 aromatic heterocycles. The molecule has 0 radical (unpaired) electrons. The number of aryl methyl sites for hydroxylation is 1. The van der Waals surface area contributed by atoms with Crippen molar-refractivity contribution in [2.75, 3.05) is 39.2 Å². The van der Waals surface area contributed by atoms with E-state index in [1.807, 2.05) is 18.2 Å². The molecule has 1 saturated heterocycles. The summed E-state index contributed by atoms with van der Waals surface area (Å²) >= 11 is 0. The van der Waals surface area contributed by atoms with Gasteiger partial charge in [0.15, 0.2) is 0 Å². The molecule has 1 aromatic carbocycles. The Labute approximate surface area is 152 Å². The highest BCUT2D eigenvalue weighted by Crippen LogP contribution is 2.25. The van der Waals surface area contributed by atoms with Crippen molar-refractivity contribution in [1.29, 1.82) is 0 Å². The highest BCUT2D eigenvalue weighted by Gasteiger charge is 2.34. The van der Waals surface area contributed by atoms with Crippen LogP contribution in [-0.2, 0) is 16.0 Å². The molecular weight excluding hydrogens is 314 g/mol. The van der Waals surface area contributed by atoms with Crippen LogP contribution in [0.1, 0.15) is 38.7 Å².